The second-order valence-corrected chi connectivity index (χ2v) is 6.72. The second-order valence-electron chi connectivity index (χ2n) is 6.72. The molecule has 4 unspecified atom stereocenters. The highest BCUT2D eigenvalue weighted by Gasteiger charge is 2.41. The van der Waals surface area contributed by atoms with Gasteiger partial charge in [-0.2, -0.15) is 0 Å². The largest absolute Gasteiger partial charge is 0.380 e. The molecule has 0 spiro atoms. The zero-order valence-electron chi connectivity index (χ0n) is 15.4. The molecule has 140 valence electrons. The standard InChI is InChI=1S/C17H36N6O/c1-4-12-8-7-9-14(20-12)21-17(19)16-15(18)13(5-2)22-23(16)10-11-24-6-3/h9,12-13,15-17,20-22H,4-8,10-11,18-19H2,1-3H3/t12?,13-,15?,16?,17?/m1/s1. The normalized spacial score (nSPS) is 32.3. The molecule has 2 aliphatic rings. The predicted octanol–water partition coefficient (Wildman–Crippen LogP) is 0.195. The van der Waals surface area contributed by atoms with E-state index in [1.807, 2.05) is 6.92 Å². The molecule has 24 heavy (non-hydrogen) atoms. The van der Waals surface area contributed by atoms with Gasteiger partial charge in [0.1, 0.15) is 0 Å². The van der Waals surface area contributed by atoms with Crippen LogP contribution >= 0.6 is 0 Å². The fourth-order valence-corrected chi connectivity index (χ4v) is 3.60. The third-order valence-corrected chi connectivity index (χ3v) is 5.08. The highest BCUT2D eigenvalue weighted by Crippen LogP contribution is 2.19. The number of nitrogens with two attached hydrogens (primary N) is 2. The first kappa shape index (κ1) is 19.5. The number of nitrogens with one attached hydrogen (secondary N) is 3. The molecule has 2 aliphatic heterocycles. The lowest BCUT2D eigenvalue weighted by Crippen LogP contribution is -2.60. The summed E-state index contributed by atoms with van der Waals surface area (Å²) in [5.41, 5.74) is 16.5. The van der Waals surface area contributed by atoms with Gasteiger partial charge in [0, 0.05) is 31.3 Å². The van der Waals surface area contributed by atoms with Gasteiger partial charge >= 0.3 is 0 Å². The van der Waals surface area contributed by atoms with Crippen molar-refractivity contribution in [3.8, 4) is 0 Å². The Morgan fingerprint density at radius 2 is 2.17 bits per heavy atom. The van der Waals surface area contributed by atoms with Gasteiger partial charge in [-0.05, 0) is 38.7 Å². The van der Waals surface area contributed by atoms with Gasteiger partial charge in [-0.3, -0.25) is 0 Å². The Morgan fingerprint density at radius 1 is 1.38 bits per heavy atom. The lowest BCUT2D eigenvalue weighted by Gasteiger charge is -2.34. The Hall–Kier alpha value is -0.860. The molecule has 0 amide bonds. The Morgan fingerprint density at radius 3 is 2.83 bits per heavy atom. The van der Waals surface area contributed by atoms with E-state index in [1.54, 1.807) is 0 Å². The number of nitrogens with zero attached hydrogens (tertiary/aromatic N) is 1. The van der Waals surface area contributed by atoms with Crippen LogP contribution in [0, 0.1) is 0 Å². The first-order valence-corrected chi connectivity index (χ1v) is 9.45. The molecule has 0 aliphatic carbocycles. The minimum Gasteiger partial charge on any atom is -0.380 e. The molecule has 0 saturated carbocycles. The minimum atomic E-state index is -0.236. The molecule has 1 saturated heterocycles. The molecule has 0 radical (unpaired) electrons. The van der Waals surface area contributed by atoms with Crippen LogP contribution in [0.3, 0.4) is 0 Å². The van der Waals surface area contributed by atoms with Crippen molar-refractivity contribution in [3.05, 3.63) is 11.9 Å². The highest BCUT2D eigenvalue weighted by atomic mass is 16.5. The molecule has 0 bridgehead atoms. The van der Waals surface area contributed by atoms with E-state index in [2.05, 4.69) is 41.0 Å². The summed E-state index contributed by atoms with van der Waals surface area (Å²) in [6, 6.07) is 0.795. The van der Waals surface area contributed by atoms with Crippen molar-refractivity contribution in [2.24, 2.45) is 11.5 Å². The van der Waals surface area contributed by atoms with Crippen molar-refractivity contribution in [2.45, 2.75) is 76.8 Å². The number of rotatable bonds is 9. The Labute approximate surface area is 146 Å². The topological polar surface area (TPSA) is 101 Å². The van der Waals surface area contributed by atoms with Crippen LogP contribution in [0.15, 0.2) is 11.9 Å². The average Bonchev–Trinajstić information content (AvgIpc) is 2.91. The molecular weight excluding hydrogens is 304 g/mol. The number of hydrogen-bond acceptors (Lipinski definition) is 7. The van der Waals surface area contributed by atoms with Crippen LogP contribution in [0.5, 0.6) is 0 Å². The summed E-state index contributed by atoms with van der Waals surface area (Å²) >= 11 is 0. The third-order valence-electron chi connectivity index (χ3n) is 5.08. The quantitative estimate of drug-likeness (QED) is 0.302. The van der Waals surface area contributed by atoms with E-state index in [-0.39, 0.29) is 24.3 Å². The summed E-state index contributed by atoms with van der Waals surface area (Å²) in [6.07, 6.45) is 6.33. The van der Waals surface area contributed by atoms with Crippen molar-refractivity contribution in [2.75, 3.05) is 19.8 Å². The van der Waals surface area contributed by atoms with Gasteiger partial charge in [0.2, 0.25) is 0 Å². The van der Waals surface area contributed by atoms with Gasteiger partial charge in [-0.25, -0.2) is 10.4 Å². The summed E-state index contributed by atoms with van der Waals surface area (Å²) in [6.45, 7) is 8.54. The molecule has 7 heteroatoms. The van der Waals surface area contributed by atoms with Crippen LogP contribution in [0.2, 0.25) is 0 Å². The molecule has 0 aromatic heterocycles. The fraction of sp³-hybridized carbons (Fsp3) is 0.882. The maximum atomic E-state index is 6.50. The summed E-state index contributed by atoms with van der Waals surface area (Å²) < 4.78 is 5.50. The molecule has 0 aromatic carbocycles. The average molecular weight is 341 g/mol. The molecule has 7 N–H and O–H groups in total. The molecule has 7 nitrogen and oxygen atoms in total. The number of ether oxygens (including phenoxy) is 1. The van der Waals surface area contributed by atoms with Gasteiger partial charge in [0.15, 0.2) is 0 Å². The molecule has 5 atom stereocenters. The van der Waals surface area contributed by atoms with Crippen LogP contribution in [0.4, 0.5) is 0 Å². The van der Waals surface area contributed by atoms with Gasteiger partial charge in [0.05, 0.1) is 24.6 Å². The van der Waals surface area contributed by atoms with Crippen molar-refractivity contribution in [1.82, 2.24) is 21.1 Å². The third kappa shape index (κ3) is 4.83. The Bertz CT molecular complexity index is 405. The molecular formula is C17H36N6O. The van der Waals surface area contributed by atoms with E-state index < -0.39 is 0 Å². The molecule has 0 aromatic rings. The minimum absolute atomic E-state index is 0.00899. The van der Waals surface area contributed by atoms with E-state index in [0.29, 0.717) is 12.6 Å². The molecule has 2 rings (SSSR count). The van der Waals surface area contributed by atoms with Crippen LogP contribution in [0.25, 0.3) is 0 Å². The smallest absolute Gasteiger partial charge is 0.0960 e. The van der Waals surface area contributed by atoms with Gasteiger partial charge in [-0.1, -0.05) is 13.8 Å². The maximum Gasteiger partial charge on any atom is 0.0960 e. The van der Waals surface area contributed by atoms with E-state index >= 15 is 0 Å². The zero-order valence-corrected chi connectivity index (χ0v) is 15.4. The second kappa shape index (κ2) is 9.58. The van der Waals surface area contributed by atoms with Crippen LogP contribution in [-0.2, 0) is 4.74 Å². The fourth-order valence-electron chi connectivity index (χ4n) is 3.60. The predicted molar refractivity (Wildman–Crippen MR) is 97.8 cm³/mol. The summed E-state index contributed by atoms with van der Waals surface area (Å²) in [7, 11) is 0. The maximum absolute atomic E-state index is 6.50. The monoisotopic (exact) mass is 340 g/mol. The summed E-state index contributed by atoms with van der Waals surface area (Å²) in [5, 5.41) is 9.14. The van der Waals surface area contributed by atoms with E-state index in [1.165, 1.54) is 6.42 Å². The number of hydrogen-bond donors (Lipinski definition) is 5. The molecule has 2 heterocycles. The number of allylic oxidation sites excluding steroid dienone is 1. The SMILES string of the molecule is CCOCCN1N[C@H](CC)C(N)C1C(N)NC1=CCCC(CC)N1. The first-order valence-electron chi connectivity index (χ1n) is 9.45. The first-order chi connectivity index (χ1) is 11.6. The van der Waals surface area contributed by atoms with Crippen LogP contribution in [-0.4, -0.2) is 55.1 Å². The van der Waals surface area contributed by atoms with Gasteiger partial charge in [-0.15, -0.1) is 0 Å². The zero-order chi connectivity index (χ0) is 17.5. The Balaban J connectivity index is 1.97. The lowest BCUT2D eigenvalue weighted by atomic mass is 9.99. The van der Waals surface area contributed by atoms with Crippen molar-refractivity contribution < 1.29 is 4.74 Å². The summed E-state index contributed by atoms with van der Waals surface area (Å²) in [5.74, 6) is 1.04. The highest BCUT2D eigenvalue weighted by molar-refractivity contribution is 5.08. The lowest BCUT2D eigenvalue weighted by molar-refractivity contribution is 0.0746. The van der Waals surface area contributed by atoms with Crippen molar-refractivity contribution in [1.29, 1.82) is 0 Å². The van der Waals surface area contributed by atoms with Crippen molar-refractivity contribution in [3.63, 3.8) is 0 Å². The Kier molecular flexibility index (Phi) is 7.77. The molecule has 1 fully saturated rings. The van der Waals surface area contributed by atoms with E-state index in [0.717, 1.165) is 38.2 Å². The van der Waals surface area contributed by atoms with Crippen LogP contribution < -0.4 is 27.5 Å². The van der Waals surface area contributed by atoms with Gasteiger partial charge in [0.25, 0.3) is 0 Å². The van der Waals surface area contributed by atoms with E-state index in [4.69, 9.17) is 16.2 Å². The number of hydrazine groups is 1. The summed E-state index contributed by atoms with van der Waals surface area (Å²) in [4.78, 5) is 0. The van der Waals surface area contributed by atoms with Crippen LogP contribution in [0.1, 0.15) is 46.5 Å². The van der Waals surface area contributed by atoms with Crippen molar-refractivity contribution >= 4 is 0 Å². The van der Waals surface area contributed by atoms with Gasteiger partial charge < -0.3 is 26.8 Å². The van der Waals surface area contributed by atoms with E-state index in [9.17, 15) is 0 Å².